The maximum Gasteiger partial charge on any atom is 0.101 e. The highest BCUT2D eigenvalue weighted by atomic mass is 15.4. The summed E-state index contributed by atoms with van der Waals surface area (Å²) in [6, 6.07) is 0. The van der Waals surface area contributed by atoms with E-state index < -0.39 is 0 Å². The third-order valence-corrected chi connectivity index (χ3v) is 7.32. The molecule has 2 heteroatoms. The Morgan fingerprint density at radius 1 is 0.406 bits per heavy atom. The highest BCUT2D eigenvalue weighted by molar-refractivity contribution is 4.96. The molecule has 1 heterocycles. The van der Waals surface area contributed by atoms with Crippen LogP contribution in [0.3, 0.4) is 0 Å². The molecule has 1 unspecified atom stereocenters. The number of hydrogen-bond donors (Lipinski definition) is 0. The lowest BCUT2D eigenvalue weighted by atomic mass is 10.0. The Hall–Kier alpha value is -0.660. The van der Waals surface area contributed by atoms with Gasteiger partial charge in [0.1, 0.15) is 6.17 Å². The van der Waals surface area contributed by atoms with Crippen LogP contribution in [-0.2, 0) is 0 Å². The molecule has 0 aromatic carbocycles. The van der Waals surface area contributed by atoms with E-state index in [1.165, 1.54) is 154 Å². The van der Waals surface area contributed by atoms with E-state index in [2.05, 4.69) is 43.0 Å². The van der Waals surface area contributed by atoms with Gasteiger partial charge in [-0.25, -0.2) is 0 Å². The topological polar surface area (TPSA) is 6.48 Å². The minimum Gasteiger partial charge on any atom is -0.356 e. The van der Waals surface area contributed by atoms with Crippen LogP contribution in [0, 0.1) is 0 Å². The molecule has 0 aromatic rings. The maximum absolute atomic E-state index is 2.67. The lowest BCUT2D eigenvalue weighted by Crippen LogP contribution is -2.39. The average Bonchev–Trinajstić information content (AvgIpc) is 3.18. The van der Waals surface area contributed by atoms with Gasteiger partial charge in [0.15, 0.2) is 0 Å². The summed E-state index contributed by atoms with van der Waals surface area (Å²) in [4.78, 5) is 5.32. The predicted molar refractivity (Wildman–Crippen MR) is 145 cm³/mol. The van der Waals surface area contributed by atoms with Gasteiger partial charge < -0.3 is 9.80 Å². The van der Waals surface area contributed by atoms with Gasteiger partial charge in [-0.3, -0.25) is 0 Å². The quantitative estimate of drug-likeness (QED) is 0.135. The van der Waals surface area contributed by atoms with Gasteiger partial charge in [0, 0.05) is 25.5 Å². The van der Waals surface area contributed by atoms with Crippen molar-refractivity contribution in [3.05, 3.63) is 12.4 Å². The van der Waals surface area contributed by atoms with Crippen LogP contribution in [0.4, 0.5) is 0 Å². The molecule has 0 radical (unpaired) electrons. The van der Waals surface area contributed by atoms with Crippen LogP contribution in [0.25, 0.3) is 0 Å². The third-order valence-electron chi connectivity index (χ3n) is 7.32. The van der Waals surface area contributed by atoms with Gasteiger partial charge in [0.05, 0.1) is 0 Å². The fourth-order valence-corrected chi connectivity index (χ4v) is 5.13. The normalized spacial score (nSPS) is 15.9. The van der Waals surface area contributed by atoms with Crippen LogP contribution < -0.4 is 0 Å². The van der Waals surface area contributed by atoms with Crippen LogP contribution in [-0.4, -0.2) is 29.1 Å². The number of unbranched alkanes of at least 4 members (excludes halogenated alkanes) is 18. The lowest BCUT2D eigenvalue weighted by molar-refractivity contribution is 0.135. The Labute approximate surface area is 203 Å². The van der Waals surface area contributed by atoms with Crippen molar-refractivity contribution in [1.29, 1.82) is 0 Å². The van der Waals surface area contributed by atoms with E-state index in [-0.39, 0.29) is 0 Å². The molecule has 0 N–H and O–H groups in total. The molecule has 2 nitrogen and oxygen atoms in total. The largest absolute Gasteiger partial charge is 0.356 e. The van der Waals surface area contributed by atoms with E-state index in [0.29, 0.717) is 6.17 Å². The molecule has 0 spiro atoms. The Bertz CT molecular complexity index is 406. The molecular formula is C30H60N2. The molecule has 1 rings (SSSR count). The monoisotopic (exact) mass is 448 g/mol. The Morgan fingerprint density at radius 3 is 1.09 bits per heavy atom. The van der Waals surface area contributed by atoms with Crippen molar-refractivity contribution in [3.63, 3.8) is 0 Å². The van der Waals surface area contributed by atoms with Gasteiger partial charge >= 0.3 is 0 Å². The minimum atomic E-state index is 0.644. The minimum absolute atomic E-state index is 0.644. The van der Waals surface area contributed by atoms with Gasteiger partial charge in [-0.1, -0.05) is 136 Å². The second kappa shape index (κ2) is 22.1. The summed E-state index contributed by atoms with van der Waals surface area (Å²) in [6.07, 6.45) is 36.6. The van der Waals surface area contributed by atoms with Gasteiger partial charge in [0.25, 0.3) is 0 Å². The Morgan fingerprint density at radius 2 is 0.719 bits per heavy atom. The molecule has 0 saturated carbocycles. The highest BCUT2D eigenvalue weighted by Crippen LogP contribution is 2.23. The highest BCUT2D eigenvalue weighted by Gasteiger charge is 2.24. The molecule has 0 bridgehead atoms. The van der Waals surface area contributed by atoms with E-state index in [1.807, 2.05) is 0 Å². The molecule has 0 fully saturated rings. The summed E-state index contributed by atoms with van der Waals surface area (Å²) < 4.78 is 0. The smallest absolute Gasteiger partial charge is 0.101 e. The number of hydrogen-bond acceptors (Lipinski definition) is 2. The van der Waals surface area contributed by atoms with E-state index in [0.717, 1.165) is 0 Å². The van der Waals surface area contributed by atoms with Crippen molar-refractivity contribution in [2.75, 3.05) is 13.1 Å². The van der Waals surface area contributed by atoms with Crippen LogP contribution in [0.2, 0.25) is 0 Å². The first-order valence-electron chi connectivity index (χ1n) is 15.0. The first kappa shape index (κ1) is 29.4. The van der Waals surface area contributed by atoms with Crippen molar-refractivity contribution >= 4 is 0 Å². The fraction of sp³-hybridized carbons (Fsp3) is 0.933. The zero-order valence-corrected chi connectivity index (χ0v) is 22.6. The molecule has 1 atom stereocenters. The van der Waals surface area contributed by atoms with Crippen molar-refractivity contribution < 1.29 is 0 Å². The van der Waals surface area contributed by atoms with Gasteiger partial charge in [-0.15, -0.1) is 0 Å². The van der Waals surface area contributed by atoms with Crippen molar-refractivity contribution in [2.45, 2.75) is 168 Å². The van der Waals surface area contributed by atoms with Crippen molar-refractivity contribution in [1.82, 2.24) is 9.80 Å². The van der Waals surface area contributed by atoms with Gasteiger partial charge in [-0.05, 0) is 25.7 Å². The van der Waals surface area contributed by atoms with E-state index in [9.17, 15) is 0 Å². The number of rotatable bonds is 24. The second-order valence-electron chi connectivity index (χ2n) is 10.4. The zero-order valence-electron chi connectivity index (χ0n) is 22.6. The second-order valence-corrected chi connectivity index (χ2v) is 10.4. The fourth-order valence-electron chi connectivity index (χ4n) is 5.13. The van der Waals surface area contributed by atoms with Crippen LogP contribution >= 0.6 is 0 Å². The first-order valence-corrected chi connectivity index (χ1v) is 15.0. The number of nitrogens with zero attached hydrogens (tertiary/aromatic N) is 2. The molecule has 0 amide bonds. The summed E-state index contributed by atoms with van der Waals surface area (Å²) in [5, 5.41) is 0. The van der Waals surface area contributed by atoms with E-state index >= 15 is 0 Å². The lowest BCUT2D eigenvalue weighted by Gasteiger charge is -2.33. The van der Waals surface area contributed by atoms with Crippen LogP contribution in [0.1, 0.15) is 162 Å². The van der Waals surface area contributed by atoms with Gasteiger partial charge in [-0.2, -0.15) is 0 Å². The Balaban J connectivity index is 2.09. The Kier molecular flexibility index (Phi) is 20.3. The van der Waals surface area contributed by atoms with Crippen molar-refractivity contribution in [2.24, 2.45) is 0 Å². The molecule has 32 heavy (non-hydrogen) atoms. The molecule has 0 saturated heterocycles. The SMILES string of the molecule is CCCCCCCCCCCCCCCN1C=CN(CCCCCCC)C1CCCCC. The van der Waals surface area contributed by atoms with Crippen molar-refractivity contribution in [3.8, 4) is 0 Å². The summed E-state index contributed by atoms with van der Waals surface area (Å²) >= 11 is 0. The summed E-state index contributed by atoms with van der Waals surface area (Å²) in [6.45, 7) is 9.45. The summed E-state index contributed by atoms with van der Waals surface area (Å²) in [5.41, 5.74) is 0. The summed E-state index contributed by atoms with van der Waals surface area (Å²) in [5.74, 6) is 0. The predicted octanol–water partition coefficient (Wildman–Crippen LogP) is 10.0. The average molecular weight is 449 g/mol. The molecule has 0 aromatic heterocycles. The maximum atomic E-state index is 2.67. The first-order chi connectivity index (χ1) is 15.8. The molecule has 1 aliphatic heterocycles. The zero-order chi connectivity index (χ0) is 23.1. The molecular weight excluding hydrogens is 388 g/mol. The van der Waals surface area contributed by atoms with E-state index in [4.69, 9.17) is 0 Å². The van der Waals surface area contributed by atoms with Crippen LogP contribution in [0.5, 0.6) is 0 Å². The van der Waals surface area contributed by atoms with E-state index in [1.54, 1.807) is 0 Å². The molecule has 0 aliphatic carbocycles. The van der Waals surface area contributed by atoms with Crippen LogP contribution in [0.15, 0.2) is 12.4 Å². The standard InChI is InChI=1S/C30H60N2/c1-4-7-10-12-13-14-15-16-17-18-19-21-24-27-32-29-28-31(26-23-20-11-8-5-2)30(32)25-22-9-6-3/h28-30H,4-27H2,1-3H3. The summed E-state index contributed by atoms with van der Waals surface area (Å²) in [7, 11) is 0. The molecule has 1 aliphatic rings. The van der Waals surface area contributed by atoms with Gasteiger partial charge in [0.2, 0.25) is 0 Å². The molecule has 190 valence electrons. The third kappa shape index (κ3) is 15.2.